The molecule has 0 aliphatic heterocycles. The van der Waals surface area contributed by atoms with Gasteiger partial charge in [-0.25, -0.2) is 0 Å². The summed E-state index contributed by atoms with van der Waals surface area (Å²) in [7, 11) is 5.78. The van der Waals surface area contributed by atoms with Crippen LogP contribution in [-0.4, -0.2) is 53.4 Å². The molecular formula is C21H30ClN5O. The molecule has 1 N–H and O–H groups in total. The third-order valence-electron chi connectivity index (χ3n) is 4.45. The number of aromatic nitrogens is 1. The third kappa shape index (κ3) is 6.60. The summed E-state index contributed by atoms with van der Waals surface area (Å²) in [6, 6.07) is 11.9. The fraction of sp³-hybridized carbons (Fsp3) is 0.429. The van der Waals surface area contributed by atoms with Crippen LogP contribution in [0.3, 0.4) is 0 Å². The van der Waals surface area contributed by atoms with E-state index in [1.807, 2.05) is 80.1 Å². The minimum atomic E-state index is 0.0836. The summed E-state index contributed by atoms with van der Waals surface area (Å²) in [6.45, 7) is 4.52. The van der Waals surface area contributed by atoms with Gasteiger partial charge in [0.15, 0.2) is 5.96 Å². The lowest BCUT2D eigenvalue weighted by Crippen LogP contribution is -2.39. The molecule has 6 nitrogen and oxygen atoms in total. The first-order valence-electron chi connectivity index (χ1n) is 9.48. The lowest BCUT2D eigenvalue weighted by molar-refractivity contribution is -0.130. The van der Waals surface area contributed by atoms with Crippen LogP contribution in [0.1, 0.15) is 24.6 Å². The molecule has 1 heterocycles. The van der Waals surface area contributed by atoms with Crippen molar-refractivity contribution in [1.82, 2.24) is 19.7 Å². The Morgan fingerprint density at radius 3 is 2.50 bits per heavy atom. The molecule has 1 aromatic carbocycles. The lowest BCUT2D eigenvalue weighted by atomic mass is 10.2. The van der Waals surface area contributed by atoms with Crippen molar-refractivity contribution < 1.29 is 4.79 Å². The monoisotopic (exact) mass is 403 g/mol. The Bertz CT molecular complexity index is 787. The minimum absolute atomic E-state index is 0.0836. The SMILES string of the molecule is CCNC(=NCCC(=O)N(C)Cc1ccccc1)N(C)Cc1cc(Cl)cn1C. The normalized spacial score (nSPS) is 11.4. The van der Waals surface area contributed by atoms with Crippen molar-refractivity contribution in [2.24, 2.45) is 12.0 Å². The van der Waals surface area contributed by atoms with E-state index in [-0.39, 0.29) is 5.91 Å². The number of guanidine groups is 1. The van der Waals surface area contributed by atoms with Gasteiger partial charge in [-0.15, -0.1) is 0 Å². The van der Waals surface area contributed by atoms with E-state index in [0.717, 1.165) is 28.8 Å². The number of hydrogen-bond acceptors (Lipinski definition) is 2. The molecule has 0 aliphatic carbocycles. The van der Waals surface area contributed by atoms with Crippen molar-refractivity contribution in [3.8, 4) is 0 Å². The molecule has 2 aromatic rings. The molecule has 0 unspecified atom stereocenters. The van der Waals surface area contributed by atoms with Gasteiger partial charge in [0.1, 0.15) is 0 Å². The molecule has 28 heavy (non-hydrogen) atoms. The fourth-order valence-corrected chi connectivity index (χ4v) is 3.18. The van der Waals surface area contributed by atoms with Crippen LogP contribution >= 0.6 is 11.6 Å². The van der Waals surface area contributed by atoms with Crippen LogP contribution in [-0.2, 0) is 24.9 Å². The quantitative estimate of drug-likeness (QED) is 0.544. The molecule has 0 saturated carbocycles. The predicted molar refractivity (Wildman–Crippen MR) is 115 cm³/mol. The van der Waals surface area contributed by atoms with Gasteiger partial charge in [-0.2, -0.15) is 0 Å². The highest BCUT2D eigenvalue weighted by atomic mass is 35.5. The van der Waals surface area contributed by atoms with Crippen molar-refractivity contribution in [3.05, 3.63) is 58.9 Å². The second-order valence-corrected chi connectivity index (χ2v) is 7.27. The van der Waals surface area contributed by atoms with Gasteiger partial charge in [0.2, 0.25) is 5.91 Å². The number of halogens is 1. The van der Waals surface area contributed by atoms with Crippen molar-refractivity contribution in [2.75, 3.05) is 27.2 Å². The van der Waals surface area contributed by atoms with E-state index in [1.54, 1.807) is 4.90 Å². The number of carbonyl (C=O) groups is 1. The summed E-state index contributed by atoms with van der Waals surface area (Å²) in [6.07, 6.45) is 2.26. The third-order valence-corrected chi connectivity index (χ3v) is 4.65. The maximum Gasteiger partial charge on any atom is 0.224 e. The second kappa shape index (κ2) is 10.8. The Balaban J connectivity index is 1.90. The summed E-state index contributed by atoms with van der Waals surface area (Å²) >= 11 is 6.07. The van der Waals surface area contributed by atoms with Crippen molar-refractivity contribution in [1.29, 1.82) is 0 Å². The number of aryl methyl sites for hydroxylation is 1. The molecule has 0 saturated heterocycles. The van der Waals surface area contributed by atoms with Crippen molar-refractivity contribution in [3.63, 3.8) is 0 Å². The molecule has 0 bridgehead atoms. The number of nitrogens with one attached hydrogen (secondary N) is 1. The van der Waals surface area contributed by atoms with Crippen LogP contribution in [0.25, 0.3) is 0 Å². The van der Waals surface area contributed by atoms with Gasteiger partial charge in [0.05, 0.1) is 18.1 Å². The maximum atomic E-state index is 12.4. The highest BCUT2D eigenvalue weighted by molar-refractivity contribution is 6.30. The van der Waals surface area contributed by atoms with Crippen LogP contribution < -0.4 is 5.32 Å². The number of nitrogens with zero attached hydrogens (tertiary/aromatic N) is 4. The topological polar surface area (TPSA) is 52.9 Å². The zero-order valence-corrected chi connectivity index (χ0v) is 17.9. The number of aliphatic imine (C=N–C) groups is 1. The minimum Gasteiger partial charge on any atom is -0.357 e. The van der Waals surface area contributed by atoms with Gasteiger partial charge in [-0.05, 0) is 18.6 Å². The fourth-order valence-electron chi connectivity index (χ4n) is 2.90. The molecule has 1 amide bonds. The zero-order chi connectivity index (χ0) is 20.5. The van der Waals surface area contributed by atoms with Crippen LogP contribution in [0.15, 0.2) is 47.6 Å². The van der Waals surface area contributed by atoms with E-state index in [4.69, 9.17) is 11.6 Å². The first-order valence-corrected chi connectivity index (χ1v) is 9.86. The summed E-state index contributed by atoms with van der Waals surface area (Å²) in [5, 5.41) is 4.00. The molecule has 152 valence electrons. The Labute approximate surface area is 172 Å². The van der Waals surface area contributed by atoms with Gasteiger partial charge in [-0.3, -0.25) is 9.79 Å². The summed E-state index contributed by atoms with van der Waals surface area (Å²) in [5.74, 6) is 0.860. The van der Waals surface area contributed by atoms with Crippen LogP contribution in [0.5, 0.6) is 0 Å². The largest absolute Gasteiger partial charge is 0.357 e. The number of hydrogen-bond donors (Lipinski definition) is 1. The van der Waals surface area contributed by atoms with Gasteiger partial charge >= 0.3 is 0 Å². The van der Waals surface area contributed by atoms with Gasteiger partial charge in [0, 0.05) is 52.5 Å². The van der Waals surface area contributed by atoms with Gasteiger partial charge in [-0.1, -0.05) is 41.9 Å². The zero-order valence-electron chi connectivity index (χ0n) is 17.2. The van der Waals surface area contributed by atoms with E-state index >= 15 is 0 Å². The summed E-state index contributed by atoms with van der Waals surface area (Å²) in [4.78, 5) is 20.8. The average Bonchev–Trinajstić information content (AvgIpc) is 2.98. The smallest absolute Gasteiger partial charge is 0.224 e. The van der Waals surface area contributed by atoms with E-state index < -0.39 is 0 Å². The molecule has 0 radical (unpaired) electrons. The van der Waals surface area contributed by atoms with Crippen LogP contribution in [0, 0.1) is 0 Å². The first kappa shape index (κ1) is 21.8. The number of amides is 1. The number of rotatable bonds is 8. The van der Waals surface area contributed by atoms with Gasteiger partial charge < -0.3 is 19.7 Å². The maximum absolute atomic E-state index is 12.4. The molecule has 0 aliphatic rings. The van der Waals surface area contributed by atoms with Crippen LogP contribution in [0.2, 0.25) is 5.02 Å². The van der Waals surface area contributed by atoms with E-state index in [0.29, 0.717) is 26.1 Å². The summed E-state index contributed by atoms with van der Waals surface area (Å²) in [5.41, 5.74) is 2.22. The Morgan fingerprint density at radius 1 is 1.18 bits per heavy atom. The number of carbonyl (C=O) groups excluding carboxylic acids is 1. The van der Waals surface area contributed by atoms with E-state index in [2.05, 4.69) is 10.3 Å². The Hall–Kier alpha value is -2.47. The Morgan fingerprint density at radius 2 is 1.89 bits per heavy atom. The van der Waals surface area contributed by atoms with Crippen molar-refractivity contribution in [2.45, 2.75) is 26.4 Å². The molecule has 0 spiro atoms. The van der Waals surface area contributed by atoms with E-state index in [1.165, 1.54) is 0 Å². The van der Waals surface area contributed by atoms with Crippen LogP contribution in [0.4, 0.5) is 0 Å². The highest BCUT2D eigenvalue weighted by Gasteiger charge is 2.12. The summed E-state index contributed by atoms with van der Waals surface area (Å²) < 4.78 is 2.00. The standard InChI is InChI=1S/C21H30ClN5O/c1-5-23-21(27(4)16-19-13-18(22)15-25(19)2)24-12-11-20(28)26(3)14-17-9-7-6-8-10-17/h6-10,13,15H,5,11-12,14,16H2,1-4H3,(H,23,24). The number of benzene rings is 1. The second-order valence-electron chi connectivity index (χ2n) is 6.84. The molecular weight excluding hydrogens is 374 g/mol. The molecule has 2 rings (SSSR count). The molecule has 0 fully saturated rings. The molecule has 0 atom stereocenters. The predicted octanol–water partition coefficient (Wildman–Crippen LogP) is 3.12. The average molecular weight is 404 g/mol. The van der Waals surface area contributed by atoms with E-state index in [9.17, 15) is 4.79 Å². The highest BCUT2D eigenvalue weighted by Crippen LogP contribution is 2.14. The first-order chi connectivity index (χ1) is 13.4. The Kier molecular flexibility index (Phi) is 8.39. The van der Waals surface area contributed by atoms with Crippen molar-refractivity contribution >= 4 is 23.5 Å². The molecule has 1 aromatic heterocycles. The molecule has 7 heteroatoms. The lowest BCUT2D eigenvalue weighted by Gasteiger charge is -2.22. The van der Waals surface area contributed by atoms with Gasteiger partial charge in [0.25, 0.3) is 0 Å².